The van der Waals surface area contributed by atoms with Gasteiger partial charge in [0.1, 0.15) is 10.8 Å². The van der Waals surface area contributed by atoms with Gasteiger partial charge in [-0.05, 0) is 44.6 Å². The van der Waals surface area contributed by atoms with Gasteiger partial charge in [-0.15, -0.1) is 11.8 Å². The lowest BCUT2D eigenvalue weighted by Crippen LogP contribution is -2.34. The molecule has 1 N–H and O–H groups in total. The summed E-state index contributed by atoms with van der Waals surface area (Å²) in [6.07, 6.45) is 5.24. The summed E-state index contributed by atoms with van der Waals surface area (Å²) in [5.41, 5.74) is 0.599. The molecule has 0 fully saturated rings. The van der Waals surface area contributed by atoms with Crippen LogP contribution in [0.1, 0.15) is 22.2 Å². The number of pyridine rings is 1. The van der Waals surface area contributed by atoms with E-state index in [1.54, 1.807) is 24.6 Å². The van der Waals surface area contributed by atoms with Crippen LogP contribution in [0.25, 0.3) is 0 Å². The Bertz CT molecular complexity index is 584. The number of rotatable bonds is 6. The van der Waals surface area contributed by atoms with E-state index >= 15 is 0 Å². The zero-order valence-electron chi connectivity index (χ0n) is 12.4. The van der Waals surface area contributed by atoms with E-state index in [4.69, 9.17) is 4.42 Å². The molecule has 2 heterocycles. The molecule has 0 aliphatic carbocycles. The number of likely N-dealkylation sites (N-methyl/N-ethyl adjacent to an activating group) is 1. The summed E-state index contributed by atoms with van der Waals surface area (Å²) in [6, 6.07) is 7.31. The van der Waals surface area contributed by atoms with Crippen LogP contribution in [0.3, 0.4) is 0 Å². The van der Waals surface area contributed by atoms with Crippen molar-refractivity contribution in [3.05, 3.63) is 48.0 Å². The first-order chi connectivity index (χ1) is 10.1. The highest BCUT2D eigenvalue weighted by molar-refractivity contribution is 7.98. The van der Waals surface area contributed by atoms with Gasteiger partial charge in [-0.1, -0.05) is 0 Å². The second-order valence-electron chi connectivity index (χ2n) is 4.77. The Morgan fingerprint density at radius 2 is 2.24 bits per heavy atom. The number of furan rings is 1. The molecule has 1 amide bonds. The molecule has 0 aromatic carbocycles. The van der Waals surface area contributed by atoms with Crippen molar-refractivity contribution < 1.29 is 9.21 Å². The van der Waals surface area contributed by atoms with Gasteiger partial charge < -0.3 is 9.73 Å². The fourth-order valence-corrected chi connectivity index (χ4v) is 2.58. The smallest absolute Gasteiger partial charge is 0.254 e. The molecule has 2 rings (SSSR count). The van der Waals surface area contributed by atoms with Gasteiger partial charge in [0, 0.05) is 12.7 Å². The van der Waals surface area contributed by atoms with Gasteiger partial charge in [0.2, 0.25) is 0 Å². The fourth-order valence-electron chi connectivity index (χ4n) is 2.03. The van der Waals surface area contributed by atoms with Crippen LogP contribution in [0.4, 0.5) is 0 Å². The Labute approximate surface area is 128 Å². The summed E-state index contributed by atoms with van der Waals surface area (Å²) >= 11 is 1.46. The molecule has 0 unspecified atom stereocenters. The predicted octanol–water partition coefficient (Wildman–Crippen LogP) is 2.43. The number of nitrogens with one attached hydrogen (secondary N) is 1. The molecule has 1 atom stereocenters. The number of nitrogens with zero attached hydrogens (tertiary/aromatic N) is 2. The van der Waals surface area contributed by atoms with E-state index in [1.807, 2.05) is 37.4 Å². The summed E-state index contributed by atoms with van der Waals surface area (Å²) in [4.78, 5) is 18.5. The Kier molecular flexibility index (Phi) is 5.41. The molecule has 0 saturated heterocycles. The molecular weight excluding hydrogens is 286 g/mol. The summed E-state index contributed by atoms with van der Waals surface area (Å²) in [5, 5.41) is 3.68. The number of amides is 1. The van der Waals surface area contributed by atoms with Gasteiger partial charge in [0.05, 0.1) is 17.9 Å². The molecule has 0 aliphatic heterocycles. The Hall–Kier alpha value is -1.79. The number of aromatic nitrogens is 1. The fraction of sp³-hybridized carbons (Fsp3) is 0.333. The van der Waals surface area contributed by atoms with Gasteiger partial charge >= 0.3 is 0 Å². The highest BCUT2D eigenvalue weighted by atomic mass is 32.2. The lowest BCUT2D eigenvalue weighted by atomic mass is 10.2. The first-order valence-corrected chi connectivity index (χ1v) is 7.83. The highest BCUT2D eigenvalue weighted by Gasteiger charge is 2.19. The number of thioether (sulfide) groups is 1. The van der Waals surface area contributed by atoms with Crippen LogP contribution in [0, 0.1) is 0 Å². The molecule has 21 heavy (non-hydrogen) atoms. The minimum absolute atomic E-state index is 0.00153. The van der Waals surface area contributed by atoms with E-state index in [0.29, 0.717) is 12.1 Å². The van der Waals surface area contributed by atoms with Crippen LogP contribution in [0.15, 0.2) is 46.2 Å². The van der Waals surface area contributed by atoms with Crippen molar-refractivity contribution in [3.63, 3.8) is 0 Å². The molecule has 0 spiro atoms. The van der Waals surface area contributed by atoms with Crippen molar-refractivity contribution in [1.82, 2.24) is 15.2 Å². The van der Waals surface area contributed by atoms with Gasteiger partial charge in [0.25, 0.3) is 5.91 Å². The van der Waals surface area contributed by atoms with Crippen molar-refractivity contribution in [2.75, 3.05) is 26.9 Å². The lowest BCUT2D eigenvalue weighted by Gasteiger charge is -2.22. The zero-order chi connectivity index (χ0) is 15.2. The highest BCUT2D eigenvalue weighted by Crippen LogP contribution is 2.19. The lowest BCUT2D eigenvalue weighted by molar-refractivity contribution is 0.0935. The third kappa shape index (κ3) is 3.86. The van der Waals surface area contributed by atoms with E-state index in [9.17, 15) is 4.79 Å². The number of carbonyl (C=O) groups is 1. The number of hydrogen-bond acceptors (Lipinski definition) is 5. The van der Waals surface area contributed by atoms with Crippen LogP contribution in [0.2, 0.25) is 0 Å². The maximum absolute atomic E-state index is 12.3. The second-order valence-corrected chi connectivity index (χ2v) is 5.56. The summed E-state index contributed by atoms with van der Waals surface area (Å²) < 4.78 is 5.43. The number of hydrogen-bond donors (Lipinski definition) is 1. The molecule has 0 saturated carbocycles. The monoisotopic (exact) mass is 305 g/mol. The van der Waals surface area contributed by atoms with E-state index in [-0.39, 0.29) is 11.9 Å². The molecule has 6 heteroatoms. The third-order valence-corrected chi connectivity index (χ3v) is 3.87. The first-order valence-electron chi connectivity index (χ1n) is 6.60. The van der Waals surface area contributed by atoms with Crippen LogP contribution in [-0.2, 0) is 0 Å². The van der Waals surface area contributed by atoms with Gasteiger partial charge in [-0.25, -0.2) is 4.98 Å². The number of carbonyl (C=O) groups excluding carboxylic acids is 1. The minimum Gasteiger partial charge on any atom is -0.468 e. The Balaban J connectivity index is 2.06. The van der Waals surface area contributed by atoms with Gasteiger partial charge in [-0.2, -0.15) is 0 Å². The minimum atomic E-state index is -0.120. The molecule has 0 bridgehead atoms. The zero-order valence-corrected chi connectivity index (χ0v) is 13.2. The Morgan fingerprint density at radius 1 is 1.43 bits per heavy atom. The SMILES string of the molecule is CSc1ncccc1C(=O)NC[C@@H](c1ccco1)N(C)C. The topological polar surface area (TPSA) is 58.4 Å². The summed E-state index contributed by atoms with van der Waals surface area (Å²) in [7, 11) is 3.91. The molecule has 2 aromatic heterocycles. The van der Waals surface area contributed by atoms with E-state index in [2.05, 4.69) is 10.3 Å². The van der Waals surface area contributed by atoms with Crippen molar-refractivity contribution >= 4 is 17.7 Å². The van der Waals surface area contributed by atoms with Crippen LogP contribution < -0.4 is 5.32 Å². The van der Waals surface area contributed by atoms with E-state index in [0.717, 1.165) is 10.8 Å². The maximum Gasteiger partial charge on any atom is 0.254 e. The van der Waals surface area contributed by atoms with E-state index in [1.165, 1.54) is 11.8 Å². The van der Waals surface area contributed by atoms with Crippen molar-refractivity contribution in [2.45, 2.75) is 11.1 Å². The second kappa shape index (κ2) is 7.28. The maximum atomic E-state index is 12.3. The summed E-state index contributed by atoms with van der Waals surface area (Å²) in [6.45, 7) is 0.474. The van der Waals surface area contributed by atoms with E-state index < -0.39 is 0 Å². The molecule has 2 aromatic rings. The summed E-state index contributed by atoms with van der Waals surface area (Å²) in [5.74, 6) is 0.711. The van der Waals surface area contributed by atoms with Gasteiger partial charge in [-0.3, -0.25) is 9.69 Å². The van der Waals surface area contributed by atoms with Crippen molar-refractivity contribution in [3.8, 4) is 0 Å². The molecular formula is C15H19N3O2S. The molecule has 112 valence electrons. The van der Waals surface area contributed by atoms with Crippen molar-refractivity contribution in [2.24, 2.45) is 0 Å². The van der Waals surface area contributed by atoms with Crippen LogP contribution in [0.5, 0.6) is 0 Å². The predicted molar refractivity (Wildman–Crippen MR) is 83.5 cm³/mol. The first kappa shape index (κ1) is 15.6. The standard InChI is InChI=1S/C15H19N3O2S/c1-18(2)12(13-7-5-9-20-13)10-17-14(19)11-6-4-8-16-15(11)21-3/h4-9,12H,10H2,1-3H3,(H,17,19)/t12-/m0/s1. The molecule has 5 nitrogen and oxygen atoms in total. The average molecular weight is 305 g/mol. The third-order valence-electron chi connectivity index (χ3n) is 3.16. The van der Waals surface area contributed by atoms with Crippen molar-refractivity contribution in [1.29, 1.82) is 0 Å². The van der Waals surface area contributed by atoms with Gasteiger partial charge in [0.15, 0.2) is 0 Å². The normalized spacial score (nSPS) is 12.4. The largest absolute Gasteiger partial charge is 0.468 e. The molecule has 0 radical (unpaired) electrons. The Morgan fingerprint density at radius 3 is 2.86 bits per heavy atom. The van der Waals surface area contributed by atoms with Crippen LogP contribution in [-0.4, -0.2) is 42.7 Å². The quantitative estimate of drug-likeness (QED) is 0.831. The van der Waals surface area contributed by atoms with Crippen LogP contribution >= 0.6 is 11.8 Å². The molecule has 0 aliphatic rings. The average Bonchev–Trinajstić information content (AvgIpc) is 3.01.